The standard InChI is InChI=1S/C22H24O7S/c1-2-30-22-19(29-21(26)15-11-7-4-8-12-15)18(24)17(23)16(28-22)13-27-20(25)14-9-5-3-6-10-14/h3-12,16-19,22-24H,2,13H2,1H3/t16-,17-,18+,19+,22-/m1/s1. The lowest BCUT2D eigenvalue weighted by Gasteiger charge is -2.41. The lowest BCUT2D eigenvalue weighted by molar-refractivity contribution is -0.206. The summed E-state index contributed by atoms with van der Waals surface area (Å²) in [6.07, 6.45) is -4.81. The topological polar surface area (TPSA) is 102 Å². The largest absolute Gasteiger partial charge is 0.459 e. The van der Waals surface area contributed by atoms with Crippen molar-refractivity contribution in [3.63, 3.8) is 0 Å². The molecule has 0 aliphatic carbocycles. The molecule has 30 heavy (non-hydrogen) atoms. The third kappa shape index (κ3) is 5.40. The predicted octanol–water partition coefficient (Wildman–Crippen LogP) is 2.27. The van der Waals surface area contributed by atoms with Gasteiger partial charge in [0.25, 0.3) is 0 Å². The Morgan fingerprint density at radius 3 is 2.07 bits per heavy atom. The van der Waals surface area contributed by atoms with Crippen LogP contribution in [0.15, 0.2) is 60.7 Å². The number of aliphatic hydroxyl groups excluding tert-OH is 2. The smallest absolute Gasteiger partial charge is 0.338 e. The maximum absolute atomic E-state index is 12.4. The van der Waals surface area contributed by atoms with Gasteiger partial charge in [0.15, 0.2) is 6.10 Å². The van der Waals surface area contributed by atoms with Gasteiger partial charge in [0, 0.05) is 0 Å². The average Bonchev–Trinajstić information content (AvgIpc) is 2.78. The second kappa shape index (κ2) is 10.6. The first kappa shape index (κ1) is 22.3. The van der Waals surface area contributed by atoms with Crippen LogP contribution in [0, 0.1) is 0 Å². The molecule has 2 N–H and O–H groups in total. The number of thioether (sulfide) groups is 1. The molecule has 2 aromatic rings. The minimum atomic E-state index is -1.39. The fourth-order valence-corrected chi connectivity index (χ4v) is 4.00. The monoisotopic (exact) mass is 432 g/mol. The van der Waals surface area contributed by atoms with Crippen LogP contribution in [0.2, 0.25) is 0 Å². The van der Waals surface area contributed by atoms with E-state index in [9.17, 15) is 19.8 Å². The minimum absolute atomic E-state index is 0.244. The lowest BCUT2D eigenvalue weighted by Crippen LogP contribution is -2.59. The Labute approximate surface area is 179 Å². The average molecular weight is 432 g/mol. The Bertz CT molecular complexity index is 828. The van der Waals surface area contributed by atoms with Crippen LogP contribution >= 0.6 is 11.8 Å². The molecule has 0 unspecified atom stereocenters. The van der Waals surface area contributed by atoms with E-state index in [0.717, 1.165) is 0 Å². The van der Waals surface area contributed by atoms with Gasteiger partial charge in [-0.25, -0.2) is 9.59 Å². The molecule has 1 saturated heterocycles. The number of esters is 2. The molecule has 1 heterocycles. The van der Waals surface area contributed by atoms with Crippen molar-refractivity contribution in [1.29, 1.82) is 0 Å². The Kier molecular flexibility index (Phi) is 7.87. The van der Waals surface area contributed by atoms with Gasteiger partial charge >= 0.3 is 11.9 Å². The third-order valence-electron chi connectivity index (χ3n) is 4.62. The molecule has 0 radical (unpaired) electrons. The number of rotatable bonds is 7. The minimum Gasteiger partial charge on any atom is -0.459 e. The van der Waals surface area contributed by atoms with Crippen LogP contribution in [0.5, 0.6) is 0 Å². The van der Waals surface area contributed by atoms with Crippen molar-refractivity contribution >= 4 is 23.7 Å². The number of benzene rings is 2. The highest BCUT2D eigenvalue weighted by molar-refractivity contribution is 7.99. The Balaban J connectivity index is 1.65. The quantitative estimate of drug-likeness (QED) is 0.643. The molecule has 3 rings (SSSR count). The highest BCUT2D eigenvalue weighted by atomic mass is 32.2. The molecule has 0 bridgehead atoms. The summed E-state index contributed by atoms with van der Waals surface area (Å²) in [6, 6.07) is 16.8. The molecule has 160 valence electrons. The molecular formula is C22H24O7S. The van der Waals surface area contributed by atoms with Crippen molar-refractivity contribution < 1.29 is 34.0 Å². The second-order valence-electron chi connectivity index (χ2n) is 6.68. The summed E-state index contributed by atoms with van der Waals surface area (Å²) in [4.78, 5) is 24.6. The van der Waals surface area contributed by atoms with Gasteiger partial charge in [-0.2, -0.15) is 0 Å². The molecule has 0 aromatic heterocycles. The maximum atomic E-state index is 12.4. The summed E-state index contributed by atoms with van der Waals surface area (Å²) in [5.41, 5.74) is -0.0164. The van der Waals surface area contributed by atoms with Crippen LogP contribution < -0.4 is 0 Å². The molecule has 8 heteroatoms. The Morgan fingerprint density at radius 1 is 0.933 bits per heavy atom. The normalized spacial score (nSPS) is 26.0. The van der Waals surface area contributed by atoms with Crippen LogP contribution in [0.3, 0.4) is 0 Å². The van der Waals surface area contributed by atoms with E-state index < -0.39 is 41.8 Å². The number of aliphatic hydroxyl groups is 2. The van der Waals surface area contributed by atoms with Gasteiger partial charge in [0.2, 0.25) is 0 Å². The van der Waals surface area contributed by atoms with Crippen LogP contribution in [0.4, 0.5) is 0 Å². The molecular weight excluding hydrogens is 408 g/mol. The van der Waals surface area contributed by atoms with Gasteiger partial charge in [0.05, 0.1) is 11.1 Å². The predicted molar refractivity (Wildman–Crippen MR) is 111 cm³/mol. The number of carbonyl (C=O) groups is 2. The van der Waals surface area contributed by atoms with Crippen molar-refractivity contribution in [2.45, 2.75) is 36.8 Å². The number of hydrogen-bond acceptors (Lipinski definition) is 8. The van der Waals surface area contributed by atoms with Crippen LogP contribution in [0.25, 0.3) is 0 Å². The summed E-state index contributed by atoms with van der Waals surface area (Å²) in [5.74, 6) is -0.548. The first-order valence-electron chi connectivity index (χ1n) is 9.62. The molecule has 7 nitrogen and oxygen atoms in total. The first-order valence-corrected chi connectivity index (χ1v) is 10.7. The van der Waals surface area contributed by atoms with E-state index in [1.165, 1.54) is 11.8 Å². The van der Waals surface area contributed by atoms with Gasteiger partial charge in [-0.3, -0.25) is 0 Å². The van der Waals surface area contributed by atoms with E-state index in [-0.39, 0.29) is 6.61 Å². The second-order valence-corrected chi connectivity index (χ2v) is 8.06. The van der Waals surface area contributed by atoms with Crippen LogP contribution in [0.1, 0.15) is 27.6 Å². The fraction of sp³-hybridized carbons (Fsp3) is 0.364. The summed E-state index contributed by atoms with van der Waals surface area (Å²) >= 11 is 1.33. The summed E-state index contributed by atoms with van der Waals surface area (Å²) in [6.45, 7) is 1.65. The van der Waals surface area contributed by atoms with Crippen LogP contribution in [-0.2, 0) is 14.2 Å². The van der Waals surface area contributed by atoms with Crippen LogP contribution in [-0.4, -0.2) is 64.4 Å². The Hall–Kier alpha value is -2.39. The van der Waals surface area contributed by atoms with E-state index in [4.69, 9.17) is 14.2 Å². The van der Waals surface area contributed by atoms with Gasteiger partial charge in [0.1, 0.15) is 30.4 Å². The van der Waals surface area contributed by atoms with Gasteiger partial charge < -0.3 is 24.4 Å². The zero-order valence-electron chi connectivity index (χ0n) is 16.4. The van der Waals surface area contributed by atoms with Crippen molar-refractivity contribution in [3.8, 4) is 0 Å². The van der Waals surface area contributed by atoms with Crippen molar-refractivity contribution in [2.24, 2.45) is 0 Å². The fourth-order valence-electron chi connectivity index (χ4n) is 3.05. The Morgan fingerprint density at radius 2 is 1.50 bits per heavy atom. The van der Waals surface area contributed by atoms with E-state index in [0.29, 0.717) is 16.9 Å². The highest BCUT2D eigenvalue weighted by Gasteiger charge is 2.47. The molecule has 5 atom stereocenters. The van der Waals surface area contributed by atoms with E-state index in [2.05, 4.69) is 0 Å². The zero-order chi connectivity index (χ0) is 21.5. The van der Waals surface area contributed by atoms with Gasteiger partial charge in [-0.05, 0) is 30.0 Å². The summed E-state index contributed by atoms with van der Waals surface area (Å²) in [5, 5.41) is 21.1. The van der Waals surface area contributed by atoms with Gasteiger partial charge in [-0.15, -0.1) is 11.8 Å². The van der Waals surface area contributed by atoms with E-state index >= 15 is 0 Å². The van der Waals surface area contributed by atoms with E-state index in [1.54, 1.807) is 60.7 Å². The number of hydrogen-bond donors (Lipinski definition) is 2. The van der Waals surface area contributed by atoms with E-state index in [1.807, 2.05) is 6.92 Å². The molecule has 0 amide bonds. The molecule has 0 saturated carbocycles. The molecule has 1 aliphatic heterocycles. The molecule has 2 aromatic carbocycles. The number of ether oxygens (including phenoxy) is 3. The van der Waals surface area contributed by atoms with Crippen molar-refractivity contribution in [2.75, 3.05) is 12.4 Å². The molecule has 0 spiro atoms. The summed E-state index contributed by atoms with van der Waals surface area (Å²) < 4.78 is 16.6. The molecule has 1 fully saturated rings. The van der Waals surface area contributed by atoms with Gasteiger partial charge in [-0.1, -0.05) is 43.3 Å². The maximum Gasteiger partial charge on any atom is 0.338 e. The number of carbonyl (C=O) groups excluding carboxylic acids is 2. The third-order valence-corrected chi connectivity index (χ3v) is 5.66. The highest BCUT2D eigenvalue weighted by Crippen LogP contribution is 2.31. The SMILES string of the molecule is CCS[C@H]1O[C@H](COC(=O)c2ccccc2)[C@@H](O)[C@H](O)[C@@H]1OC(=O)c1ccccc1. The first-order chi connectivity index (χ1) is 14.5. The molecule has 1 aliphatic rings. The lowest BCUT2D eigenvalue weighted by atomic mass is 10.00. The van der Waals surface area contributed by atoms with Crippen molar-refractivity contribution in [3.05, 3.63) is 71.8 Å². The zero-order valence-corrected chi connectivity index (χ0v) is 17.2. The summed E-state index contributed by atoms with van der Waals surface area (Å²) in [7, 11) is 0. The van der Waals surface area contributed by atoms with Crippen molar-refractivity contribution in [1.82, 2.24) is 0 Å².